The molecule has 3 aromatic rings. The highest BCUT2D eigenvalue weighted by Crippen LogP contribution is 2.47. The zero-order valence-electron chi connectivity index (χ0n) is 20.2. The van der Waals surface area contributed by atoms with Crippen molar-refractivity contribution in [2.75, 3.05) is 17.2 Å². The van der Waals surface area contributed by atoms with E-state index >= 15 is 4.39 Å². The van der Waals surface area contributed by atoms with E-state index in [-0.39, 0.29) is 51.9 Å². The molecule has 8 nitrogen and oxygen atoms in total. The molecule has 3 aliphatic rings. The summed E-state index contributed by atoms with van der Waals surface area (Å²) in [4.78, 5) is 14.7. The van der Waals surface area contributed by atoms with Crippen molar-refractivity contribution in [3.8, 4) is 23.2 Å². The number of nitrogens with one attached hydrogen (secondary N) is 1. The van der Waals surface area contributed by atoms with Gasteiger partial charge in [-0.05, 0) is 45.2 Å². The fourth-order valence-corrected chi connectivity index (χ4v) is 6.18. The Balaban J connectivity index is 1.71. The fraction of sp³-hybridized carbons (Fsp3) is 0.440. The number of nitrogen functional groups attached to an aromatic ring is 1. The van der Waals surface area contributed by atoms with Gasteiger partial charge >= 0.3 is 6.18 Å². The van der Waals surface area contributed by atoms with Crippen LogP contribution in [0.3, 0.4) is 0 Å². The second kappa shape index (κ2) is 7.89. The van der Waals surface area contributed by atoms with Crippen molar-refractivity contribution in [1.82, 2.24) is 20.3 Å². The van der Waals surface area contributed by atoms with E-state index in [1.807, 2.05) is 17.9 Å². The maximum atomic E-state index is 16.4. The smallest absolute Gasteiger partial charge is 0.418 e. The number of halogens is 4. The van der Waals surface area contributed by atoms with Crippen molar-refractivity contribution in [3.63, 3.8) is 0 Å². The Kier molecular flexibility index (Phi) is 5.04. The van der Waals surface area contributed by atoms with Crippen molar-refractivity contribution in [2.24, 2.45) is 0 Å². The number of fused-ring (bicyclic) bond motifs is 5. The molecule has 12 heteroatoms. The van der Waals surface area contributed by atoms with Crippen LogP contribution in [-0.4, -0.2) is 45.7 Å². The minimum Gasteiger partial charge on any atom is -0.472 e. The van der Waals surface area contributed by atoms with Gasteiger partial charge in [-0.3, -0.25) is 0 Å². The van der Waals surface area contributed by atoms with Gasteiger partial charge in [0.1, 0.15) is 35.2 Å². The molecule has 0 unspecified atom stereocenters. The Hall–Kier alpha value is -3.72. The topological polar surface area (TPSA) is 113 Å². The van der Waals surface area contributed by atoms with E-state index in [2.05, 4.69) is 20.3 Å². The third-order valence-electron chi connectivity index (χ3n) is 7.66. The van der Waals surface area contributed by atoms with Crippen LogP contribution in [0.4, 0.5) is 29.2 Å². The number of alkyl halides is 3. The van der Waals surface area contributed by atoms with Crippen LogP contribution in [0, 0.1) is 31.0 Å². The van der Waals surface area contributed by atoms with Crippen LogP contribution in [-0.2, 0) is 6.18 Å². The standard InChI is InChI=1S/C25H23F4N7O/c1-9-15(7-30)34-23-18-17(9)20(26)21(13-6-16(31)32-10(2)19(13)25(27,28)29)35-24(18)37-11(3)22-14-5-4-12(33-14)8-36(22)23/h6,11-12,14,22,33H,4-5,8H2,1-3H3,(H2,31,32)/t11-,12+,14-,22+/m0/s1. The lowest BCUT2D eigenvalue weighted by Crippen LogP contribution is -2.62. The molecule has 3 aliphatic heterocycles. The molecule has 37 heavy (non-hydrogen) atoms. The summed E-state index contributed by atoms with van der Waals surface area (Å²) >= 11 is 0. The first-order valence-corrected chi connectivity index (χ1v) is 12.0. The van der Waals surface area contributed by atoms with Crippen LogP contribution in [0.5, 0.6) is 5.88 Å². The van der Waals surface area contributed by atoms with Gasteiger partial charge in [0.25, 0.3) is 0 Å². The summed E-state index contributed by atoms with van der Waals surface area (Å²) in [6.45, 7) is 5.11. The first kappa shape index (κ1) is 23.7. The molecule has 4 atom stereocenters. The molecule has 2 saturated heterocycles. The molecule has 0 radical (unpaired) electrons. The number of anilines is 2. The Morgan fingerprint density at radius 1 is 1.19 bits per heavy atom. The van der Waals surface area contributed by atoms with Crippen LogP contribution in [0.15, 0.2) is 6.07 Å². The maximum absolute atomic E-state index is 16.4. The number of piperazine rings is 1. The van der Waals surface area contributed by atoms with E-state index < -0.39 is 40.6 Å². The molecular formula is C25H23F4N7O. The van der Waals surface area contributed by atoms with E-state index in [9.17, 15) is 18.4 Å². The second-order valence-corrected chi connectivity index (χ2v) is 9.92. The quantitative estimate of drug-likeness (QED) is 0.470. The molecule has 2 bridgehead atoms. The van der Waals surface area contributed by atoms with Crippen molar-refractivity contribution in [2.45, 2.75) is 64.0 Å². The summed E-state index contributed by atoms with van der Waals surface area (Å²) in [5.74, 6) is -0.870. The molecule has 0 spiro atoms. The maximum Gasteiger partial charge on any atom is 0.418 e. The van der Waals surface area contributed by atoms with Gasteiger partial charge in [-0.15, -0.1) is 0 Å². The van der Waals surface area contributed by atoms with Gasteiger partial charge < -0.3 is 20.7 Å². The van der Waals surface area contributed by atoms with Crippen LogP contribution in [0.1, 0.15) is 42.3 Å². The minimum atomic E-state index is -4.84. The number of nitriles is 1. The van der Waals surface area contributed by atoms with Crippen LogP contribution < -0.4 is 20.7 Å². The Morgan fingerprint density at radius 3 is 2.65 bits per heavy atom. The summed E-state index contributed by atoms with van der Waals surface area (Å²) < 4.78 is 65.0. The monoisotopic (exact) mass is 513 g/mol. The lowest BCUT2D eigenvalue weighted by molar-refractivity contribution is -0.137. The highest BCUT2D eigenvalue weighted by atomic mass is 19.4. The fourth-order valence-electron chi connectivity index (χ4n) is 6.18. The lowest BCUT2D eigenvalue weighted by Gasteiger charge is -2.42. The number of aromatic nitrogens is 3. The first-order valence-electron chi connectivity index (χ1n) is 12.0. The Morgan fingerprint density at radius 2 is 1.95 bits per heavy atom. The number of nitrogens with zero attached hydrogens (tertiary/aromatic N) is 5. The highest BCUT2D eigenvalue weighted by Gasteiger charge is 2.47. The van der Waals surface area contributed by atoms with Crippen molar-refractivity contribution < 1.29 is 22.3 Å². The van der Waals surface area contributed by atoms with Crippen LogP contribution >= 0.6 is 0 Å². The van der Waals surface area contributed by atoms with Gasteiger partial charge in [-0.25, -0.2) is 19.3 Å². The van der Waals surface area contributed by atoms with E-state index in [0.717, 1.165) is 25.8 Å². The predicted octanol–water partition coefficient (Wildman–Crippen LogP) is 4.01. The molecule has 0 saturated carbocycles. The Bertz CT molecular complexity index is 1520. The summed E-state index contributed by atoms with van der Waals surface area (Å²) in [7, 11) is 0. The molecule has 192 valence electrons. The van der Waals surface area contributed by atoms with Crippen molar-refractivity contribution >= 4 is 22.4 Å². The summed E-state index contributed by atoms with van der Waals surface area (Å²) in [5, 5.41) is 13.6. The van der Waals surface area contributed by atoms with E-state index in [0.29, 0.717) is 12.4 Å². The molecule has 3 aromatic heterocycles. The number of rotatable bonds is 1. The second-order valence-electron chi connectivity index (χ2n) is 9.92. The number of hydrogen-bond donors (Lipinski definition) is 2. The van der Waals surface area contributed by atoms with E-state index in [4.69, 9.17) is 10.5 Å². The van der Waals surface area contributed by atoms with Crippen LogP contribution in [0.25, 0.3) is 22.0 Å². The summed E-state index contributed by atoms with van der Waals surface area (Å²) in [5.41, 5.74) is 3.34. The summed E-state index contributed by atoms with van der Waals surface area (Å²) in [6.07, 6.45) is -3.41. The van der Waals surface area contributed by atoms with Gasteiger partial charge in [0.2, 0.25) is 5.88 Å². The molecule has 0 aliphatic carbocycles. The van der Waals surface area contributed by atoms with Crippen molar-refractivity contribution in [3.05, 3.63) is 34.4 Å². The van der Waals surface area contributed by atoms with Gasteiger partial charge in [0, 0.05) is 29.6 Å². The third kappa shape index (κ3) is 3.40. The Labute approximate surface area is 209 Å². The van der Waals surface area contributed by atoms with Gasteiger partial charge in [-0.2, -0.15) is 18.4 Å². The molecule has 0 aromatic carbocycles. The number of aryl methyl sites for hydroxylation is 2. The van der Waals surface area contributed by atoms with Gasteiger partial charge in [0.05, 0.1) is 22.7 Å². The lowest BCUT2D eigenvalue weighted by atomic mass is 9.97. The molecule has 3 N–H and O–H groups in total. The summed E-state index contributed by atoms with van der Waals surface area (Å²) in [6, 6.07) is 3.08. The number of nitrogens with two attached hydrogens (primary N) is 1. The number of pyridine rings is 3. The first-order chi connectivity index (χ1) is 17.5. The number of hydrogen-bond acceptors (Lipinski definition) is 8. The van der Waals surface area contributed by atoms with Crippen LogP contribution in [0.2, 0.25) is 0 Å². The average Bonchev–Trinajstić information content (AvgIpc) is 3.13. The molecular weight excluding hydrogens is 490 g/mol. The van der Waals surface area contributed by atoms with Gasteiger partial charge in [-0.1, -0.05) is 0 Å². The molecule has 6 heterocycles. The number of ether oxygens (including phenoxy) is 1. The SMILES string of the molecule is Cc1nc(N)cc(-c2nc3c4c(nc(C#N)c(C)c4c2F)N2C[C@H]4CC[C@H](N4)[C@H]2[C@H](C)O3)c1C(F)(F)F. The normalized spacial score (nSPS) is 24.4. The van der Waals surface area contributed by atoms with E-state index in [1.165, 1.54) is 6.92 Å². The molecule has 2 fully saturated rings. The highest BCUT2D eigenvalue weighted by molar-refractivity contribution is 6.02. The predicted molar refractivity (Wildman–Crippen MR) is 128 cm³/mol. The minimum absolute atomic E-state index is 0.00912. The molecule has 6 rings (SSSR count). The largest absolute Gasteiger partial charge is 0.472 e. The average molecular weight is 513 g/mol. The zero-order valence-corrected chi connectivity index (χ0v) is 20.2. The van der Waals surface area contributed by atoms with Crippen molar-refractivity contribution in [1.29, 1.82) is 5.26 Å². The van der Waals surface area contributed by atoms with E-state index in [1.54, 1.807) is 0 Å². The zero-order chi connectivity index (χ0) is 26.4. The third-order valence-corrected chi connectivity index (χ3v) is 7.66. The molecule has 0 amide bonds. The van der Waals surface area contributed by atoms with Gasteiger partial charge in [0.15, 0.2) is 5.82 Å².